The van der Waals surface area contributed by atoms with Gasteiger partial charge >= 0.3 is 5.69 Å². The summed E-state index contributed by atoms with van der Waals surface area (Å²) in [5, 5.41) is 22.2. The van der Waals surface area contributed by atoms with Crippen LogP contribution in [-0.4, -0.2) is 23.9 Å². The van der Waals surface area contributed by atoms with Crippen LogP contribution >= 0.6 is 0 Å². The molecule has 0 amide bonds. The summed E-state index contributed by atoms with van der Waals surface area (Å²) >= 11 is 0. The van der Waals surface area contributed by atoms with E-state index in [0.717, 1.165) is 22.9 Å². The minimum absolute atomic E-state index is 0.260. The standard InChI is InChI=1S/C21H19N4O4/c1-22(2)18-7-5-16(6-8-18)3-4-17-11-13-23(14-12-17)20-10-9-19(24(26)27)15-21(20)25(28)29/h3-15H,1-2H3/q+1. The zero-order valence-corrected chi connectivity index (χ0v) is 15.9. The van der Waals surface area contributed by atoms with Crippen LogP contribution in [0.5, 0.6) is 0 Å². The molecule has 0 aliphatic heterocycles. The third-order valence-corrected chi connectivity index (χ3v) is 4.38. The van der Waals surface area contributed by atoms with Crippen LogP contribution in [-0.2, 0) is 0 Å². The zero-order valence-electron chi connectivity index (χ0n) is 15.9. The number of hydrogen-bond donors (Lipinski definition) is 0. The van der Waals surface area contributed by atoms with Gasteiger partial charge in [0.15, 0.2) is 12.4 Å². The van der Waals surface area contributed by atoms with Gasteiger partial charge in [-0.3, -0.25) is 20.2 Å². The Kier molecular flexibility index (Phi) is 5.64. The Morgan fingerprint density at radius 3 is 1.93 bits per heavy atom. The van der Waals surface area contributed by atoms with E-state index in [-0.39, 0.29) is 17.1 Å². The summed E-state index contributed by atoms with van der Waals surface area (Å²) in [5.41, 5.74) is 2.71. The summed E-state index contributed by atoms with van der Waals surface area (Å²) in [5.74, 6) is 0. The number of non-ortho nitro benzene ring substituents is 1. The van der Waals surface area contributed by atoms with Crippen molar-refractivity contribution in [2.24, 2.45) is 0 Å². The van der Waals surface area contributed by atoms with Crippen LogP contribution < -0.4 is 9.47 Å². The number of aromatic nitrogens is 1. The summed E-state index contributed by atoms with van der Waals surface area (Å²) in [6.07, 6.45) is 7.29. The highest BCUT2D eigenvalue weighted by atomic mass is 16.6. The van der Waals surface area contributed by atoms with Gasteiger partial charge in [-0.25, -0.2) is 0 Å². The van der Waals surface area contributed by atoms with Gasteiger partial charge in [0.25, 0.3) is 11.4 Å². The zero-order chi connectivity index (χ0) is 21.0. The molecule has 0 fully saturated rings. The van der Waals surface area contributed by atoms with E-state index in [4.69, 9.17) is 0 Å². The monoisotopic (exact) mass is 391 g/mol. The van der Waals surface area contributed by atoms with Crippen molar-refractivity contribution in [3.05, 3.63) is 98.3 Å². The van der Waals surface area contributed by atoms with Gasteiger partial charge in [0.1, 0.15) is 6.07 Å². The number of anilines is 1. The van der Waals surface area contributed by atoms with Crippen molar-refractivity contribution in [2.75, 3.05) is 19.0 Å². The highest BCUT2D eigenvalue weighted by Crippen LogP contribution is 2.24. The van der Waals surface area contributed by atoms with Crippen LogP contribution in [0.4, 0.5) is 17.1 Å². The maximum absolute atomic E-state index is 11.3. The lowest BCUT2D eigenvalue weighted by Gasteiger charge is -2.11. The second-order valence-electron chi connectivity index (χ2n) is 6.55. The maximum Gasteiger partial charge on any atom is 0.347 e. The van der Waals surface area contributed by atoms with Gasteiger partial charge in [-0.05, 0) is 23.3 Å². The molecule has 0 spiro atoms. The van der Waals surface area contributed by atoms with Crippen molar-refractivity contribution < 1.29 is 14.4 Å². The van der Waals surface area contributed by atoms with Gasteiger partial charge in [0, 0.05) is 44.0 Å². The molecule has 3 rings (SSSR count). The van der Waals surface area contributed by atoms with Gasteiger partial charge in [-0.1, -0.05) is 24.3 Å². The first kappa shape index (κ1) is 19.7. The highest BCUT2D eigenvalue weighted by Gasteiger charge is 2.25. The minimum Gasteiger partial charge on any atom is -0.378 e. The lowest BCUT2D eigenvalue weighted by Crippen LogP contribution is -2.30. The van der Waals surface area contributed by atoms with Gasteiger partial charge < -0.3 is 4.90 Å². The molecule has 0 saturated carbocycles. The molecule has 8 heteroatoms. The van der Waals surface area contributed by atoms with Crippen LogP contribution in [0.2, 0.25) is 0 Å². The molecule has 2 aromatic carbocycles. The SMILES string of the molecule is CN(C)c1ccc(/C=C/c2cc[n+](-c3ccc([N+](=O)[O-])cc3[N+](=O)[O-])cc2)cc1. The van der Waals surface area contributed by atoms with Crippen molar-refractivity contribution in [3.63, 3.8) is 0 Å². The van der Waals surface area contributed by atoms with E-state index in [1.807, 2.05) is 67.5 Å². The first-order valence-electron chi connectivity index (χ1n) is 8.75. The predicted molar refractivity (Wildman–Crippen MR) is 111 cm³/mol. The Morgan fingerprint density at radius 2 is 1.41 bits per heavy atom. The molecule has 0 aliphatic carbocycles. The molecule has 3 aromatic rings. The molecule has 0 aliphatic rings. The molecule has 0 atom stereocenters. The summed E-state index contributed by atoms with van der Waals surface area (Å²) in [6.45, 7) is 0. The number of hydrogen-bond acceptors (Lipinski definition) is 5. The molecule has 0 bridgehead atoms. The number of pyridine rings is 1. The smallest absolute Gasteiger partial charge is 0.347 e. The lowest BCUT2D eigenvalue weighted by molar-refractivity contribution is -0.601. The van der Waals surface area contributed by atoms with E-state index in [9.17, 15) is 20.2 Å². The fourth-order valence-corrected chi connectivity index (χ4v) is 2.78. The summed E-state index contributed by atoms with van der Waals surface area (Å²) < 4.78 is 1.56. The van der Waals surface area contributed by atoms with Gasteiger partial charge in [-0.2, -0.15) is 4.57 Å². The Balaban J connectivity index is 1.83. The average Bonchev–Trinajstić information content (AvgIpc) is 2.72. The number of benzene rings is 2. The first-order chi connectivity index (χ1) is 13.8. The first-order valence-corrected chi connectivity index (χ1v) is 8.75. The van der Waals surface area contributed by atoms with E-state index in [0.29, 0.717) is 0 Å². The van der Waals surface area contributed by atoms with Gasteiger partial charge in [0.05, 0.1) is 9.85 Å². The summed E-state index contributed by atoms with van der Waals surface area (Å²) in [7, 11) is 3.97. The van der Waals surface area contributed by atoms with Crippen molar-refractivity contribution in [1.82, 2.24) is 0 Å². The fourth-order valence-electron chi connectivity index (χ4n) is 2.78. The Morgan fingerprint density at radius 1 is 0.828 bits per heavy atom. The van der Waals surface area contributed by atoms with Gasteiger partial charge in [0.2, 0.25) is 0 Å². The summed E-state index contributed by atoms with van der Waals surface area (Å²) in [6, 6.07) is 15.3. The average molecular weight is 391 g/mol. The molecule has 0 unspecified atom stereocenters. The largest absolute Gasteiger partial charge is 0.378 e. The number of rotatable bonds is 6. The molecule has 1 heterocycles. The molecule has 0 radical (unpaired) electrons. The third-order valence-electron chi connectivity index (χ3n) is 4.38. The molecule has 8 nitrogen and oxygen atoms in total. The Hall–Kier alpha value is -4.07. The van der Waals surface area contributed by atoms with Crippen LogP contribution in [0, 0.1) is 20.2 Å². The lowest BCUT2D eigenvalue weighted by atomic mass is 10.1. The third kappa shape index (κ3) is 4.62. The van der Waals surface area contributed by atoms with Crippen LogP contribution in [0.15, 0.2) is 67.0 Å². The van der Waals surface area contributed by atoms with Crippen LogP contribution in [0.25, 0.3) is 17.8 Å². The number of nitro groups is 2. The quantitative estimate of drug-likeness (QED) is 0.359. The normalized spacial score (nSPS) is 10.8. The van der Waals surface area contributed by atoms with E-state index in [1.54, 1.807) is 17.0 Å². The van der Waals surface area contributed by atoms with Crippen molar-refractivity contribution in [3.8, 4) is 5.69 Å². The van der Waals surface area contributed by atoms with Crippen molar-refractivity contribution >= 4 is 29.2 Å². The van der Waals surface area contributed by atoms with Crippen LogP contribution in [0.1, 0.15) is 11.1 Å². The second-order valence-corrected chi connectivity index (χ2v) is 6.55. The van der Waals surface area contributed by atoms with E-state index in [2.05, 4.69) is 0 Å². The fraction of sp³-hybridized carbons (Fsp3) is 0.0952. The van der Waals surface area contributed by atoms with Crippen molar-refractivity contribution in [1.29, 1.82) is 0 Å². The highest BCUT2D eigenvalue weighted by molar-refractivity contribution is 5.70. The van der Waals surface area contributed by atoms with Gasteiger partial charge in [-0.15, -0.1) is 0 Å². The molecule has 146 valence electrons. The topological polar surface area (TPSA) is 93.4 Å². The number of nitrogens with zero attached hydrogens (tertiary/aromatic N) is 4. The Labute approximate surface area is 167 Å². The minimum atomic E-state index is -0.652. The van der Waals surface area contributed by atoms with Crippen LogP contribution in [0.3, 0.4) is 0 Å². The van der Waals surface area contributed by atoms with E-state index < -0.39 is 9.85 Å². The second kappa shape index (κ2) is 8.30. The van der Waals surface area contributed by atoms with E-state index >= 15 is 0 Å². The predicted octanol–water partition coefficient (Wildman–Crippen LogP) is 4.02. The molecule has 29 heavy (non-hydrogen) atoms. The Bertz CT molecular complexity index is 1070. The molecule has 0 saturated heterocycles. The van der Waals surface area contributed by atoms with E-state index in [1.165, 1.54) is 12.1 Å². The molecular weight excluding hydrogens is 372 g/mol. The van der Waals surface area contributed by atoms with Crippen molar-refractivity contribution in [2.45, 2.75) is 0 Å². The molecule has 0 N–H and O–H groups in total. The number of nitro benzene ring substituents is 2. The maximum atomic E-state index is 11.3. The summed E-state index contributed by atoms with van der Waals surface area (Å²) in [4.78, 5) is 22.9. The molecule has 1 aromatic heterocycles. The molecular formula is C21H19N4O4+.